The van der Waals surface area contributed by atoms with Crippen molar-refractivity contribution in [3.8, 4) is 0 Å². The molecule has 0 spiro atoms. The Hall–Kier alpha value is -2.85. The molecule has 1 aliphatic rings. The minimum absolute atomic E-state index is 0.204. The zero-order valence-electron chi connectivity index (χ0n) is 18.6. The third kappa shape index (κ3) is 7.10. The Bertz CT molecular complexity index is 834. The smallest absolute Gasteiger partial charge is 0.414 e. The summed E-state index contributed by atoms with van der Waals surface area (Å²) in [4.78, 5) is 52.4. The molecule has 176 valence electrons. The van der Waals surface area contributed by atoms with Gasteiger partial charge >= 0.3 is 6.09 Å². The van der Waals surface area contributed by atoms with E-state index < -0.39 is 24.1 Å². The van der Waals surface area contributed by atoms with Gasteiger partial charge < -0.3 is 14.8 Å². The second kappa shape index (κ2) is 12.3. The molecule has 0 aliphatic carbocycles. The van der Waals surface area contributed by atoms with Crippen LogP contribution in [-0.4, -0.2) is 67.5 Å². The number of amides is 2. The molecule has 1 aromatic carbocycles. The number of likely N-dealkylation sites (N-methyl/N-ethyl adjacent to an activating group) is 1. The van der Waals surface area contributed by atoms with Crippen LogP contribution in [0.15, 0.2) is 18.2 Å². The Morgan fingerprint density at radius 2 is 2.12 bits per heavy atom. The molecular formula is C22H30FN3O6. The first-order valence-corrected chi connectivity index (χ1v) is 10.6. The molecule has 1 saturated heterocycles. The number of anilines is 1. The monoisotopic (exact) mass is 451 g/mol. The number of halogens is 1. The number of carbonyl (C=O) groups excluding carboxylic acids is 4. The maximum Gasteiger partial charge on any atom is 0.414 e. The molecule has 9 nitrogen and oxygen atoms in total. The van der Waals surface area contributed by atoms with Crippen molar-refractivity contribution in [1.82, 2.24) is 10.4 Å². The molecule has 0 aromatic heterocycles. The Kier molecular flexibility index (Phi) is 9.73. The van der Waals surface area contributed by atoms with E-state index in [0.29, 0.717) is 50.0 Å². The number of carbonyl (C=O) groups is 4. The molecule has 2 amide bonds. The number of ketones is 1. The van der Waals surface area contributed by atoms with Gasteiger partial charge in [-0.25, -0.2) is 9.18 Å². The first kappa shape index (κ1) is 25.4. The summed E-state index contributed by atoms with van der Waals surface area (Å²) in [5.74, 6) is -0.924. The van der Waals surface area contributed by atoms with Crippen LogP contribution in [0.2, 0.25) is 0 Å². The van der Waals surface area contributed by atoms with Gasteiger partial charge in [0.05, 0.1) is 25.4 Å². The molecule has 1 unspecified atom stereocenters. The number of aldehydes is 1. The number of nitrogens with one attached hydrogen (secondary N) is 1. The predicted octanol–water partition coefficient (Wildman–Crippen LogP) is 2.02. The fourth-order valence-corrected chi connectivity index (χ4v) is 3.34. The Morgan fingerprint density at radius 3 is 2.72 bits per heavy atom. The summed E-state index contributed by atoms with van der Waals surface area (Å²) in [6.07, 6.45) is 1.22. The van der Waals surface area contributed by atoms with Crippen LogP contribution in [0.1, 0.15) is 39.2 Å². The minimum atomic E-state index is -0.917. The first-order chi connectivity index (χ1) is 15.3. The van der Waals surface area contributed by atoms with Crippen molar-refractivity contribution < 1.29 is 33.1 Å². The maximum absolute atomic E-state index is 14.6. The highest BCUT2D eigenvalue weighted by Crippen LogP contribution is 2.24. The second-order valence-corrected chi connectivity index (χ2v) is 7.54. The molecule has 1 heterocycles. The van der Waals surface area contributed by atoms with Crippen LogP contribution in [0.5, 0.6) is 0 Å². The maximum atomic E-state index is 14.6. The average molecular weight is 451 g/mol. The SMILES string of the molecule is CCN(OCCCCc1ccc(N2C[C@H](CNC(C)=O)OC2=O)cc1F)C(C=O)C(C)=O. The van der Waals surface area contributed by atoms with Gasteiger partial charge in [0.25, 0.3) is 0 Å². The van der Waals surface area contributed by atoms with Gasteiger partial charge in [-0.3, -0.25) is 19.3 Å². The number of rotatable bonds is 13. The summed E-state index contributed by atoms with van der Waals surface area (Å²) in [6, 6.07) is 3.68. The number of aryl methyl sites for hydroxylation is 1. The van der Waals surface area contributed by atoms with E-state index in [0.717, 1.165) is 0 Å². The second-order valence-electron chi connectivity index (χ2n) is 7.54. The molecule has 0 saturated carbocycles. The Labute approximate surface area is 186 Å². The summed E-state index contributed by atoms with van der Waals surface area (Å²) in [6.45, 7) is 5.63. The highest BCUT2D eigenvalue weighted by atomic mass is 19.1. The normalized spacial score (nSPS) is 16.7. The number of hydroxylamine groups is 2. The summed E-state index contributed by atoms with van der Waals surface area (Å²) in [5, 5.41) is 3.94. The van der Waals surface area contributed by atoms with Gasteiger partial charge in [-0.15, -0.1) is 0 Å². The fourth-order valence-electron chi connectivity index (χ4n) is 3.34. The van der Waals surface area contributed by atoms with Gasteiger partial charge in [0.2, 0.25) is 5.91 Å². The summed E-state index contributed by atoms with van der Waals surface area (Å²) < 4.78 is 19.8. The molecule has 0 radical (unpaired) electrons. The third-order valence-electron chi connectivity index (χ3n) is 5.07. The molecule has 1 fully saturated rings. The largest absolute Gasteiger partial charge is 0.442 e. The molecule has 1 aliphatic heterocycles. The molecule has 1 N–H and O–H groups in total. The van der Waals surface area contributed by atoms with Crippen LogP contribution in [0, 0.1) is 5.82 Å². The fraction of sp³-hybridized carbons (Fsp3) is 0.545. The zero-order valence-corrected chi connectivity index (χ0v) is 18.6. The van der Waals surface area contributed by atoms with Gasteiger partial charge in [0.1, 0.15) is 24.2 Å². The number of ether oxygens (including phenoxy) is 1. The van der Waals surface area contributed by atoms with E-state index >= 15 is 0 Å². The lowest BCUT2D eigenvalue weighted by Crippen LogP contribution is -2.41. The van der Waals surface area contributed by atoms with Gasteiger partial charge in [-0.05, 0) is 43.9 Å². The molecule has 32 heavy (non-hydrogen) atoms. The van der Waals surface area contributed by atoms with Crippen LogP contribution in [-0.2, 0) is 30.4 Å². The van der Waals surface area contributed by atoms with Crippen molar-refractivity contribution in [2.75, 3.05) is 31.1 Å². The quantitative estimate of drug-likeness (QED) is 0.212. The van der Waals surface area contributed by atoms with Crippen LogP contribution >= 0.6 is 0 Å². The summed E-state index contributed by atoms with van der Waals surface area (Å²) in [7, 11) is 0. The minimum Gasteiger partial charge on any atom is -0.442 e. The van der Waals surface area contributed by atoms with Gasteiger partial charge in [0, 0.05) is 13.5 Å². The van der Waals surface area contributed by atoms with Gasteiger partial charge in [0.15, 0.2) is 5.78 Å². The van der Waals surface area contributed by atoms with Crippen LogP contribution in [0.25, 0.3) is 0 Å². The highest BCUT2D eigenvalue weighted by molar-refractivity contribution is 5.95. The first-order valence-electron chi connectivity index (χ1n) is 10.6. The average Bonchev–Trinajstić information content (AvgIpc) is 3.12. The lowest BCUT2D eigenvalue weighted by atomic mass is 10.1. The van der Waals surface area contributed by atoms with Gasteiger partial charge in [-0.2, -0.15) is 5.06 Å². The number of benzene rings is 1. The van der Waals surface area contributed by atoms with E-state index in [2.05, 4.69) is 5.32 Å². The molecule has 2 atom stereocenters. The standard InChI is InChI=1S/C22H30FN3O6/c1-4-26(21(14-27)15(2)28)31-10-6-5-7-17-8-9-18(11-20(17)23)25-13-19(32-22(25)30)12-24-16(3)29/h8-9,11,14,19,21H,4-7,10,12-13H2,1-3H3,(H,24,29)/t19-,21?/m0/s1. The van der Waals surface area contributed by atoms with Gasteiger partial charge in [-0.1, -0.05) is 13.0 Å². The van der Waals surface area contributed by atoms with E-state index in [4.69, 9.17) is 9.57 Å². The molecule has 0 bridgehead atoms. The topological polar surface area (TPSA) is 105 Å². The van der Waals surface area contributed by atoms with E-state index in [1.807, 2.05) is 0 Å². The van der Waals surface area contributed by atoms with Crippen molar-refractivity contribution in [2.24, 2.45) is 0 Å². The van der Waals surface area contributed by atoms with E-state index in [-0.39, 0.29) is 24.8 Å². The molecule has 2 rings (SSSR count). The van der Waals surface area contributed by atoms with E-state index in [1.165, 1.54) is 29.9 Å². The van der Waals surface area contributed by atoms with Crippen molar-refractivity contribution >= 4 is 29.8 Å². The molecule has 10 heteroatoms. The van der Waals surface area contributed by atoms with Crippen molar-refractivity contribution in [2.45, 2.75) is 52.2 Å². The lowest BCUT2D eigenvalue weighted by molar-refractivity contribution is -0.185. The summed E-state index contributed by atoms with van der Waals surface area (Å²) in [5.41, 5.74) is 0.908. The van der Waals surface area contributed by atoms with Crippen LogP contribution in [0.4, 0.5) is 14.9 Å². The van der Waals surface area contributed by atoms with Crippen molar-refractivity contribution in [1.29, 1.82) is 0 Å². The number of cyclic esters (lactones) is 1. The highest BCUT2D eigenvalue weighted by Gasteiger charge is 2.32. The Morgan fingerprint density at radius 1 is 1.38 bits per heavy atom. The number of hydrogen-bond acceptors (Lipinski definition) is 7. The Balaban J connectivity index is 1.82. The number of unbranched alkanes of at least 4 members (excludes halogenated alkanes) is 1. The van der Waals surface area contributed by atoms with E-state index in [9.17, 15) is 23.6 Å². The van der Waals surface area contributed by atoms with Crippen LogP contribution in [0.3, 0.4) is 0 Å². The predicted molar refractivity (Wildman–Crippen MR) is 115 cm³/mol. The summed E-state index contributed by atoms with van der Waals surface area (Å²) >= 11 is 0. The number of hydrogen-bond donors (Lipinski definition) is 1. The number of nitrogens with zero attached hydrogens (tertiary/aromatic N) is 2. The third-order valence-corrected chi connectivity index (χ3v) is 5.07. The zero-order chi connectivity index (χ0) is 23.7. The molecular weight excluding hydrogens is 421 g/mol. The number of Topliss-reactive ketones (excluding diaryl/α,β-unsaturated/α-hetero) is 1. The van der Waals surface area contributed by atoms with E-state index in [1.54, 1.807) is 19.1 Å². The molecule has 1 aromatic rings. The lowest BCUT2D eigenvalue weighted by Gasteiger charge is -2.23. The van der Waals surface area contributed by atoms with Crippen LogP contribution < -0.4 is 10.2 Å². The van der Waals surface area contributed by atoms with Crippen molar-refractivity contribution in [3.63, 3.8) is 0 Å². The van der Waals surface area contributed by atoms with Crippen molar-refractivity contribution in [3.05, 3.63) is 29.6 Å².